The largest absolute Gasteiger partial charge is 0.462 e. The number of unbranched alkanes of at least 4 members (excludes halogenated alkanes) is 31. The van der Waals surface area contributed by atoms with E-state index in [-0.39, 0.29) is 25.2 Å². The fourth-order valence-electron chi connectivity index (χ4n) is 8.40. The third kappa shape index (κ3) is 55.9. The predicted molar refractivity (Wildman–Crippen MR) is 297 cm³/mol. The molecule has 0 heterocycles. The molecule has 0 fully saturated rings. The highest BCUT2D eigenvalue weighted by molar-refractivity contribution is 5.70. The second kappa shape index (κ2) is 58.7. The van der Waals surface area contributed by atoms with Crippen molar-refractivity contribution in [2.75, 3.05) is 19.8 Å². The van der Waals surface area contributed by atoms with Crippen LogP contribution in [0.2, 0.25) is 0 Å². The average Bonchev–Trinajstić information content (AvgIpc) is 3.34. The van der Waals surface area contributed by atoms with Gasteiger partial charge >= 0.3 is 11.9 Å². The van der Waals surface area contributed by atoms with Crippen LogP contribution in [0.25, 0.3) is 0 Å². The molecule has 5 heteroatoms. The van der Waals surface area contributed by atoms with Crippen LogP contribution in [-0.4, -0.2) is 37.9 Å². The van der Waals surface area contributed by atoms with Crippen molar-refractivity contribution in [3.63, 3.8) is 0 Å². The first kappa shape index (κ1) is 65.3. The van der Waals surface area contributed by atoms with Crippen LogP contribution in [0.1, 0.15) is 290 Å². The van der Waals surface area contributed by atoms with Crippen molar-refractivity contribution in [2.45, 2.75) is 297 Å². The summed E-state index contributed by atoms with van der Waals surface area (Å²) in [4.78, 5) is 25.5. The van der Waals surface area contributed by atoms with E-state index in [9.17, 15) is 9.59 Å². The third-order valence-corrected chi connectivity index (χ3v) is 12.7. The summed E-state index contributed by atoms with van der Waals surface area (Å²) < 4.78 is 17.4. The lowest BCUT2D eigenvalue weighted by molar-refractivity contribution is -0.162. The van der Waals surface area contributed by atoms with E-state index in [1.54, 1.807) is 0 Å². The number of allylic oxidation sites excluding steroid dienone is 11. The van der Waals surface area contributed by atoms with E-state index in [1.807, 2.05) is 0 Å². The van der Waals surface area contributed by atoms with E-state index in [0.29, 0.717) is 19.4 Å². The second-order valence-corrected chi connectivity index (χ2v) is 19.5. The summed E-state index contributed by atoms with van der Waals surface area (Å²) in [6.45, 7) is 7.54. The first-order valence-corrected chi connectivity index (χ1v) is 29.5. The van der Waals surface area contributed by atoms with Gasteiger partial charge in [-0.15, -0.1) is 0 Å². The molecule has 0 N–H and O–H groups in total. The number of rotatable bonds is 54. The fourth-order valence-corrected chi connectivity index (χ4v) is 8.40. The van der Waals surface area contributed by atoms with Crippen molar-refractivity contribution in [3.8, 4) is 0 Å². The summed E-state index contributed by atoms with van der Waals surface area (Å²) in [5.41, 5.74) is 0. The van der Waals surface area contributed by atoms with Crippen LogP contribution < -0.4 is 0 Å². The quantitative estimate of drug-likeness (QED) is 0.0345. The SMILES string of the molecule is CC/C=C\C/C=C\C/C=C\C/C=C\C/C=C\CCOCC(COC(=O)CCCCCCCCCCCCCCCCCCCCC)OC(=O)CCCCCCCCC/C=C\CCCCCCCC. The van der Waals surface area contributed by atoms with Gasteiger partial charge < -0.3 is 14.2 Å². The van der Waals surface area contributed by atoms with Gasteiger partial charge in [0.1, 0.15) is 6.61 Å². The molecule has 0 radical (unpaired) electrons. The standard InChI is InChI=1S/C63H112O5/c1-4-7-10-13-16-19-22-25-28-31-32-34-35-38-41-44-47-50-53-56-62(64)67-60-61(59-66-58-55-52-49-46-43-40-37-30-27-24-21-18-15-12-9-6-3)68-63(65)57-54-51-48-45-42-39-36-33-29-26-23-20-17-14-11-8-5-2/h9,12,18,21,26-27,29-30,40,43,49,52,61H,4-8,10-11,13-17,19-20,22-25,28,31-39,41-42,44-48,50-51,53-60H2,1-3H3/b12-9-,21-18-,29-26-,30-27-,43-40-,52-49-. The fraction of sp³-hybridized carbons (Fsp3) is 0.778. The molecule has 1 atom stereocenters. The molecule has 0 aliphatic rings. The molecule has 0 aliphatic heterocycles. The number of carbonyl (C=O) groups is 2. The monoisotopic (exact) mass is 949 g/mol. The zero-order valence-electron chi connectivity index (χ0n) is 45.4. The lowest BCUT2D eigenvalue weighted by Gasteiger charge is -2.18. The highest BCUT2D eigenvalue weighted by Crippen LogP contribution is 2.16. The van der Waals surface area contributed by atoms with E-state index < -0.39 is 6.10 Å². The van der Waals surface area contributed by atoms with Crippen molar-refractivity contribution in [2.24, 2.45) is 0 Å². The van der Waals surface area contributed by atoms with Gasteiger partial charge in [0.25, 0.3) is 0 Å². The molecular formula is C63H112O5. The minimum atomic E-state index is -0.579. The topological polar surface area (TPSA) is 61.8 Å². The van der Waals surface area contributed by atoms with Gasteiger partial charge in [-0.25, -0.2) is 0 Å². The maximum Gasteiger partial charge on any atom is 0.306 e. The summed E-state index contributed by atoms with van der Waals surface area (Å²) in [5, 5.41) is 0. The number of ether oxygens (including phenoxy) is 3. The zero-order valence-corrected chi connectivity index (χ0v) is 45.4. The van der Waals surface area contributed by atoms with E-state index in [4.69, 9.17) is 14.2 Å². The number of esters is 2. The van der Waals surface area contributed by atoms with Crippen LogP contribution in [0.4, 0.5) is 0 Å². The number of carbonyl (C=O) groups excluding carboxylic acids is 2. The third-order valence-electron chi connectivity index (χ3n) is 12.7. The molecule has 0 aromatic carbocycles. The molecule has 68 heavy (non-hydrogen) atoms. The predicted octanol–water partition coefficient (Wildman–Crippen LogP) is 20.2. The highest BCUT2D eigenvalue weighted by Gasteiger charge is 2.17. The van der Waals surface area contributed by atoms with Gasteiger partial charge in [-0.2, -0.15) is 0 Å². The molecule has 0 aliphatic carbocycles. The molecule has 0 saturated heterocycles. The van der Waals surface area contributed by atoms with Crippen LogP contribution in [-0.2, 0) is 23.8 Å². The smallest absolute Gasteiger partial charge is 0.306 e. The summed E-state index contributed by atoms with van der Waals surface area (Å²) in [6.07, 6.45) is 76.6. The maximum absolute atomic E-state index is 12.9. The molecule has 0 spiro atoms. The Morgan fingerprint density at radius 1 is 0.338 bits per heavy atom. The van der Waals surface area contributed by atoms with Gasteiger partial charge in [0.2, 0.25) is 0 Å². The number of hydrogen-bond acceptors (Lipinski definition) is 5. The normalized spacial score (nSPS) is 12.7. The Morgan fingerprint density at radius 2 is 0.662 bits per heavy atom. The van der Waals surface area contributed by atoms with Crippen LogP contribution >= 0.6 is 0 Å². The Bertz CT molecular complexity index is 1210. The van der Waals surface area contributed by atoms with Crippen molar-refractivity contribution in [1.82, 2.24) is 0 Å². The Labute approximate surface area is 423 Å². The van der Waals surface area contributed by atoms with E-state index >= 15 is 0 Å². The van der Waals surface area contributed by atoms with Gasteiger partial charge in [0.15, 0.2) is 6.10 Å². The Morgan fingerprint density at radius 3 is 1.06 bits per heavy atom. The maximum atomic E-state index is 12.9. The summed E-state index contributed by atoms with van der Waals surface area (Å²) >= 11 is 0. The summed E-state index contributed by atoms with van der Waals surface area (Å²) in [5.74, 6) is -0.431. The van der Waals surface area contributed by atoms with Crippen LogP contribution in [0, 0.1) is 0 Å². The van der Waals surface area contributed by atoms with E-state index in [2.05, 4.69) is 93.7 Å². The van der Waals surface area contributed by atoms with Gasteiger partial charge in [0.05, 0.1) is 13.2 Å². The lowest BCUT2D eigenvalue weighted by atomic mass is 10.0. The summed E-state index contributed by atoms with van der Waals surface area (Å²) in [7, 11) is 0. The molecule has 394 valence electrons. The van der Waals surface area contributed by atoms with Crippen LogP contribution in [0.15, 0.2) is 72.9 Å². The number of hydrogen-bond donors (Lipinski definition) is 0. The van der Waals surface area contributed by atoms with Gasteiger partial charge in [-0.1, -0.05) is 273 Å². The summed E-state index contributed by atoms with van der Waals surface area (Å²) in [6, 6.07) is 0. The minimum absolute atomic E-state index is 0.0552. The molecule has 0 bridgehead atoms. The Kier molecular flexibility index (Phi) is 56.4. The molecule has 5 nitrogen and oxygen atoms in total. The molecule has 0 aromatic rings. The lowest BCUT2D eigenvalue weighted by Crippen LogP contribution is -2.30. The molecule has 0 rings (SSSR count). The van der Waals surface area contributed by atoms with Crippen molar-refractivity contribution >= 4 is 11.9 Å². The highest BCUT2D eigenvalue weighted by atomic mass is 16.6. The zero-order chi connectivity index (χ0) is 49.2. The molecule has 0 amide bonds. The molecule has 1 unspecified atom stereocenters. The van der Waals surface area contributed by atoms with Gasteiger partial charge in [-0.05, 0) is 77.0 Å². The molecule has 0 saturated carbocycles. The van der Waals surface area contributed by atoms with Crippen LogP contribution in [0.3, 0.4) is 0 Å². The van der Waals surface area contributed by atoms with Crippen LogP contribution in [0.5, 0.6) is 0 Å². The molecular weight excluding hydrogens is 837 g/mol. The van der Waals surface area contributed by atoms with Crippen molar-refractivity contribution in [3.05, 3.63) is 72.9 Å². The Balaban J connectivity index is 4.33. The van der Waals surface area contributed by atoms with Crippen molar-refractivity contribution < 1.29 is 23.8 Å². The minimum Gasteiger partial charge on any atom is -0.462 e. The van der Waals surface area contributed by atoms with E-state index in [0.717, 1.165) is 70.6 Å². The molecule has 0 aromatic heterocycles. The van der Waals surface area contributed by atoms with Crippen molar-refractivity contribution in [1.29, 1.82) is 0 Å². The average molecular weight is 950 g/mol. The van der Waals surface area contributed by atoms with E-state index in [1.165, 1.54) is 186 Å². The first-order chi connectivity index (χ1) is 33.6. The van der Waals surface area contributed by atoms with Gasteiger partial charge in [0, 0.05) is 12.8 Å². The second-order valence-electron chi connectivity index (χ2n) is 19.5. The first-order valence-electron chi connectivity index (χ1n) is 29.5. The Hall–Kier alpha value is -2.66. The van der Waals surface area contributed by atoms with Gasteiger partial charge in [-0.3, -0.25) is 9.59 Å².